The highest BCUT2D eigenvalue weighted by molar-refractivity contribution is 7.12. The summed E-state index contributed by atoms with van der Waals surface area (Å²) in [6, 6.07) is 1.70. The van der Waals surface area contributed by atoms with Gasteiger partial charge in [0.15, 0.2) is 0 Å². The molecule has 1 aromatic heterocycles. The number of hydrogen-bond acceptors (Lipinski definition) is 5. The van der Waals surface area contributed by atoms with Crippen molar-refractivity contribution in [2.24, 2.45) is 11.3 Å². The summed E-state index contributed by atoms with van der Waals surface area (Å²) in [5, 5.41) is 4.56. The Bertz CT molecular complexity index is 625. The predicted octanol–water partition coefficient (Wildman–Crippen LogP) is 2.76. The van der Waals surface area contributed by atoms with Gasteiger partial charge in [0.1, 0.15) is 4.88 Å². The van der Waals surface area contributed by atoms with Crippen molar-refractivity contribution in [3.8, 4) is 0 Å². The molecule has 1 aromatic rings. The molecular weight excluding hydrogens is 328 g/mol. The number of carbonyl (C=O) groups is 3. The van der Waals surface area contributed by atoms with Crippen LogP contribution >= 0.6 is 11.3 Å². The number of methoxy groups -OCH3 is 1. The molecule has 1 N–H and O–H groups in total. The van der Waals surface area contributed by atoms with E-state index < -0.39 is 11.4 Å². The first-order valence-electron chi connectivity index (χ1n) is 8.00. The molecule has 0 atom stereocenters. The van der Waals surface area contributed by atoms with Crippen molar-refractivity contribution in [2.75, 3.05) is 25.5 Å². The lowest BCUT2D eigenvalue weighted by Crippen LogP contribution is -2.45. The van der Waals surface area contributed by atoms with Gasteiger partial charge in [-0.25, -0.2) is 4.79 Å². The van der Waals surface area contributed by atoms with Crippen LogP contribution in [-0.4, -0.2) is 42.9 Å². The molecule has 7 heteroatoms. The van der Waals surface area contributed by atoms with E-state index in [1.165, 1.54) is 18.4 Å². The minimum absolute atomic E-state index is 0.110. The summed E-state index contributed by atoms with van der Waals surface area (Å²) >= 11 is 1.24. The highest BCUT2D eigenvalue weighted by Crippen LogP contribution is 2.27. The molecule has 1 fully saturated rings. The van der Waals surface area contributed by atoms with E-state index in [1.807, 2.05) is 25.7 Å². The van der Waals surface area contributed by atoms with E-state index in [2.05, 4.69) is 5.32 Å². The average Bonchev–Trinajstić information content (AvgIpc) is 3.00. The second kappa shape index (κ2) is 7.34. The second-order valence-corrected chi connectivity index (χ2v) is 7.88. The van der Waals surface area contributed by atoms with Gasteiger partial charge in [0.2, 0.25) is 11.8 Å². The van der Waals surface area contributed by atoms with Crippen LogP contribution in [0.15, 0.2) is 11.4 Å². The molecule has 132 valence electrons. The number of likely N-dealkylation sites (tertiary alicyclic amines) is 1. The molecule has 1 aliphatic rings. The minimum atomic E-state index is -0.453. The normalized spacial score (nSPS) is 15.9. The Morgan fingerprint density at radius 1 is 1.25 bits per heavy atom. The maximum absolute atomic E-state index is 12.4. The number of carbonyl (C=O) groups excluding carboxylic acids is 3. The Kier molecular flexibility index (Phi) is 5.64. The number of nitrogens with one attached hydrogen (secondary N) is 1. The number of thiophene rings is 1. The number of anilines is 1. The summed E-state index contributed by atoms with van der Waals surface area (Å²) in [4.78, 5) is 38.6. The SMILES string of the molecule is COC(=O)c1sccc1NC(=O)C1CCN(C(=O)C(C)(C)C)CC1. The molecule has 0 aromatic carbocycles. The van der Waals surface area contributed by atoms with Crippen molar-refractivity contribution >= 4 is 34.8 Å². The smallest absolute Gasteiger partial charge is 0.350 e. The Morgan fingerprint density at radius 2 is 1.88 bits per heavy atom. The molecule has 0 aliphatic carbocycles. The number of rotatable bonds is 3. The molecule has 0 bridgehead atoms. The number of ether oxygens (including phenoxy) is 1. The van der Waals surface area contributed by atoms with Crippen molar-refractivity contribution in [3.05, 3.63) is 16.3 Å². The maximum Gasteiger partial charge on any atom is 0.350 e. The Hall–Kier alpha value is -1.89. The molecule has 24 heavy (non-hydrogen) atoms. The third-order valence-corrected chi connectivity index (χ3v) is 4.98. The summed E-state index contributed by atoms with van der Waals surface area (Å²) in [6.45, 7) is 6.88. The predicted molar refractivity (Wildman–Crippen MR) is 93.0 cm³/mol. The molecule has 2 rings (SSSR count). The largest absolute Gasteiger partial charge is 0.465 e. The molecule has 2 heterocycles. The number of hydrogen-bond donors (Lipinski definition) is 1. The molecule has 1 aliphatic heterocycles. The van der Waals surface area contributed by atoms with Gasteiger partial charge in [0.25, 0.3) is 0 Å². The topological polar surface area (TPSA) is 75.7 Å². The van der Waals surface area contributed by atoms with Crippen molar-refractivity contribution < 1.29 is 19.1 Å². The first kappa shape index (κ1) is 18.4. The maximum atomic E-state index is 12.4. The van der Waals surface area contributed by atoms with Gasteiger partial charge in [-0.1, -0.05) is 20.8 Å². The van der Waals surface area contributed by atoms with Crippen LogP contribution in [0, 0.1) is 11.3 Å². The van der Waals surface area contributed by atoms with Crippen molar-refractivity contribution in [1.82, 2.24) is 4.90 Å². The molecule has 0 radical (unpaired) electrons. The molecule has 2 amide bonds. The van der Waals surface area contributed by atoms with Gasteiger partial charge in [0.05, 0.1) is 12.8 Å². The monoisotopic (exact) mass is 352 g/mol. The number of esters is 1. The van der Waals surface area contributed by atoms with Crippen molar-refractivity contribution in [2.45, 2.75) is 33.6 Å². The summed E-state index contributed by atoms with van der Waals surface area (Å²) in [5.74, 6) is -0.598. The fourth-order valence-electron chi connectivity index (χ4n) is 2.71. The third-order valence-electron chi connectivity index (χ3n) is 4.09. The van der Waals surface area contributed by atoms with E-state index >= 15 is 0 Å². The Labute approximate surface area is 146 Å². The van der Waals surface area contributed by atoms with Crippen LogP contribution < -0.4 is 5.32 Å². The number of amides is 2. The molecule has 0 unspecified atom stereocenters. The minimum Gasteiger partial charge on any atom is -0.465 e. The molecule has 6 nitrogen and oxygen atoms in total. The zero-order chi connectivity index (χ0) is 17.9. The molecule has 0 spiro atoms. The fourth-order valence-corrected chi connectivity index (χ4v) is 3.48. The van der Waals surface area contributed by atoms with E-state index in [0.29, 0.717) is 36.5 Å². The lowest BCUT2D eigenvalue weighted by molar-refractivity contribution is -0.142. The lowest BCUT2D eigenvalue weighted by atomic mass is 9.90. The quantitative estimate of drug-likeness (QED) is 0.849. The lowest BCUT2D eigenvalue weighted by Gasteiger charge is -2.35. The van der Waals surface area contributed by atoms with Gasteiger partial charge in [-0.2, -0.15) is 0 Å². The summed E-state index contributed by atoms with van der Waals surface area (Å²) in [7, 11) is 1.32. The molecule has 0 saturated carbocycles. The zero-order valence-corrected chi connectivity index (χ0v) is 15.4. The highest BCUT2D eigenvalue weighted by atomic mass is 32.1. The second-order valence-electron chi connectivity index (χ2n) is 6.96. The van der Waals surface area contributed by atoms with E-state index in [1.54, 1.807) is 11.4 Å². The van der Waals surface area contributed by atoms with E-state index in [4.69, 9.17) is 4.74 Å². The zero-order valence-electron chi connectivity index (χ0n) is 14.5. The molecular formula is C17H24N2O4S. The van der Waals surface area contributed by atoms with Crippen molar-refractivity contribution in [1.29, 1.82) is 0 Å². The van der Waals surface area contributed by atoms with Crippen LogP contribution in [0.2, 0.25) is 0 Å². The van der Waals surface area contributed by atoms with Crippen LogP contribution in [0.25, 0.3) is 0 Å². The molecule has 1 saturated heterocycles. The van der Waals surface area contributed by atoms with E-state index in [9.17, 15) is 14.4 Å². The van der Waals surface area contributed by atoms with Crippen molar-refractivity contribution in [3.63, 3.8) is 0 Å². The summed E-state index contributed by atoms with van der Waals surface area (Å²) < 4.78 is 4.71. The Morgan fingerprint density at radius 3 is 2.42 bits per heavy atom. The average molecular weight is 352 g/mol. The Balaban J connectivity index is 1.93. The first-order valence-corrected chi connectivity index (χ1v) is 8.88. The fraction of sp³-hybridized carbons (Fsp3) is 0.588. The van der Waals surface area contributed by atoms with Crippen LogP contribution in [-0.2, 0) is 14.3 Å². The van der Waals surface area contributed by atoms with E-state index in [-0.39, 0.29) is 17.7 Å². The summed E-state index contributed by atoms with van der Waals surface area (Å²) in [6.07, 6.45) is 1.26. The third kappa shape index (κ3) is 4.14. The first-order chi connectivity index (χ1) is 11.2. The van der Waals surface area contributed by atoms with E-state index in [0.717, 1.165) is 0 Å². The highest BCUT2D eigenvalue weighted by Gasteiger charge is 2.32. The standard InChI is InChI=1S/C17H24N2O4S/c1-17(2,3)16(22)19-8-5-11(6-9-19)14(20)18-12-7-10-24-13(12)15(21)23-4/h7,10-11H,5-6,8-9H2,1-4H3,(H,18,20). The van der Waals surface area contributed by atoms with Crippen LogP contribution in [0.4, 0.5) is 5.69 Å². The van der Waals surface area contributed by atoms with Crippen LogP contribution in [0.5, 0.6) is 0 Å². The van der Waals surface area contributed by atoms with Crippen LogP contribution in [0.1, 0.15) is 43.3 Å². The number of nitrogens with zero attached hydrogens (tertiary/aromatic N) is 1. The van der Waals surface area contributed by atoms with Gasteiger partial charge in [-0.15, -0.1) is 11.3 Å². The van der Waals surface area contributed by atoms with Gasteiger partial charge >= 0.3 is 5.97 Å². The number of piperidine rings is 1. The summed E-state index contributed by atoms with van der Waals surface area (Å²) in [5.41, 5.74) is 0.0892. The van der Waals surface area contributed by atoms with Crippen LogP contribution in [0.3, 0.4) is 0 Å². The van der Waals surface area contributed by atoms with Gasteiger partial charge < -0.3 is 15.0 Å². The van der Waals surface area contributed by atoms with Gasteiger partial charge in [-0.05, 0) is 24.3 Å². The van der Waals surface area contributed by atoms with Gasteiger partial charge in [-0.3, -0.25) is 9.59 Å². The van der Waals surface area contributed by atoms with Gasteiger partial charge in [0, 0.05) is 24.4 Å².